The minimum absolute atomic E-state index is 0.0209. The van der Waals surface area contributed by atoms with Gasteiger partial charge in [-0.25, -0.2) is 4.98 Å². The van der Waals surface area contributed by atoms with Gasteiger partial charge in [-0.2, -0.15) is 13.2 Å². The van der Waals surface area contributed by atoms with Gasteiger partial charge in [-0.15, -0.1) is 11.8 Å². The highest BCUT2D eigenvalue weighted by molar-refractivity contribution is 8.00. The van der Waals surface area contributed by atoms with Gasteiger partial charge in [0, 0.05) is 11.4 Å². The van der Waals surface area contributed by atoms with Crippen molar-refractivity contribution in [3.8, 4) is 0 Å². The number of rotatable bonds is 6. The molecule has 0 aliphatic carbocycles. The number of alkyl halides is 3. The zero-order chi connectivity index (χ0) is 21.0. The monoisotopic (exact) mass is 421 g/mol. The molecule has 0 radical (unpaired) electrons. The first-order valence-corrected chi connectivity index (χ1v) is 9.82. The Bertz CT molecular complexity index is 1080. The predicted molar refractivity (Wildman–Crippen MR) is 106 cm³/mol. The molecule has 1 aromatic heterocycles. The number of aromatic nitrogens is 2. The number of para-hydroxylation sites is 1. The molecule has 9 heteroatoms. The molecule has 1 amide bonds. The molecule has 0 unspecified atom stereocenters. The lowest BCUT2D eigenvalue weighted by Gasteiger charge is -2.20. The molecule has 29 heavy (non-hydrogen) atoms. The van der Waals surface area contributed by atoms with E-state index in [1.807, 2.05) is 0 Å². The van der Waals surface area contributed by atoms with E-state index in [9.17, 15) is 22.8 Å². The van der Waals surface area contributed by atoms with E-state index in [-0.39, 0.29) is 23.8 Å². The highest BCUT2D eigenvalue weighted by Crippen LogP contribution is 2.31. The summed E-state index contributed by atoms with van der Waals surface area (Å²) in [6, 6.07) is 11.8. The number of amides is 1. The number of aromatic amines is 1. The summed E-state index contributed by atoms with van der Waals surface area (Å²) < 4.78 is 38.4. The third-order valence-corrected chi connectivity index (χ3v) is 5.24. The maximum atomic E-state index is 12.8. The minimum atomic E-state index is -4.43. The normalized spacial score (nSPS) is 11.6. The average Bonchev–Trinajstić information content (AvgIpc) is 2.70. The summed E-state index contributed by atoms with van der Waals surface area (Å²) in [5.41, 5.74) is -0.499. The van der Waals surface area contributed by atoms with Gasteiger partial charge in [0.25, 0.3) is 5.56 Å². The molecule has 5 nitrogen and oxygen atoms in total. The van der Waals surface area contributed by atoms with E-state index in [2.05, 4.69) is 9.97 Å². The molecular formula is C20H18F3N3O2S. The zero-order valence-corrected chi connectivity index (χ0v) is 16.3. The molecule has 0 aliphatic rings. The van der Waals surface area contributed by atoms with Gasteiger partial charge in [-0.1, -0.05) is 18.2 Å². The Balaban J connectivity index is 1.69. The second-order valence-electron chi connectivity index (χ2n) is 6.25. The Labute approximate surface area is 169 Å². The van der Waals surface area contributed by atoms with Crippen molar-refractivity contribution in [2.45, 2.75) is 24.5 Å². The van der Waals surface area contributed by atoms with Crippen molar-refractivity contribution in [2.75, 3.05) is 12.3 Å². The maximum Gasteiger partial charge on any atom is 0.416 e. The Morgan fingerprint density at radius 3 is 2.66 bits per heavy atom. The number of halogens is 3. The second-order valence-corrected chi connectivity index (χ2v) is 7.30. The molecule has 152 valence electrons. The lowest BCUT2D eigenvalue weighted by molar-refractivity contribution is -0.137. The number of hydrogen-bond donors (Lipinski definition) is 1. The van der Waals surface area contributed by atoms with Gasteiger partial charge >= 0.3 is 6.18 Å². The Morgan fingerprint density at radius 1 is 1.17 bits per heavy atom. The fourth-order valence-corrected chi connectivity index (χ4v) is 3.62. The molecule has 2 aromatic carbocycles. The van der Waals surface area contributed by atoms with Crippen LogP contribution >= 0.6 is 11.8 Å². The average molecular weight is 421 g/mol. The first-order valence-electron chi connectivity index (χ1n) is 8.83. The largest absolute Gasteiger partial charge is 0.416 e. The number of nitrogens with zero attached hydrogens (tertiary/aromatic N) is 2. The third-order valence-electron chi connectivity index (χ3n) is 4.26. The molecular weight excluding hydrogens is 403 g/mol. The van der Waals surface area contributed by atoms with Crippen LogP contribution < -0.4 is 5.56 Å². The SMILES string of the molecule is CCN(Cc1nc2ccccc2c(=O)[nH]1)C(=O)CSc1cccc(C(F)(F)F)c1. The van der Waals surface area contributed by atoms with Gasteiger partial charge in [-0.3, -0.25) is 9.59 Å². The standard InChI is InChI=1S/C20H18F3N3O2S/c1-2-26(11-17-24-16-9-4-3-8-15(16)19(28)25-17)18(27)12-29-14-7-5-6-13(10-14)20(21,22)23/h3-10H,2,11-12H2,1H3,(H,24,25,28). The molecule has 0 saturated carbocycles. The van der Waals surface area contributed by atoms with E-state index in [0.29, 0.717) is 28.2 Å². The molecule has 0 aliphatic heterocycles. The summed E-state index contributed by atoms with van der Waals surface area (Å²) >= 11 is 1.04. The molecule has 3 rings (SSSR count). The summed E-state index contributed by atoms with van der Waals surface area (Å²) in [5.74, 6) is 0.0751. The number of benzene rings is 2. The van der Waals surface area contributed by atoms with Crippen LogP contribution in [0.2, 0.25) is 0 Å². The zero-order valence-electron chi connectivity index (χ0n) is 15.5. The van der Waals surface area contributed by atoms with Crippen LogP contribution in [0, 0.1) is 0 Å². The Kier molecular flexibility index (Phi) is 6.26. The van der Waals surface area contributed by atoms with Crippen LogP contribution in [0.4, 0.5) is 13.2 Å². The summed E-state index contributed by atoms with van der Waals surface area (Å²) in [4.78, 5) is 33.6. The summed E-state index contributed by atoms with van der Waals surface area (Å²) in [7, 11) is 0. The first-order chi connectivity index (χ1) is 13.8. The van der Waals surface area contributed by atoms with E-state index in [0.717, 1.165) is 23.9 Å². The van der Waals surface area contributed by atoms with Gasteiger partial charge in [0.15, 0.2) is 0 Å². The molecule has 1 heterocycles. The van der Waals surface area contributed by atoms with Crippen LogP contribution in [0.15, 0.2) is 58.2 Å². The van der Waals surface area contributed by atoms with Crippen LogP contribution in [0.1, 0.15) is 18.3 Å². The van der Waals surface area contributed by atoms with Gasteiger partial charge < -0.3 is 9.88 Å². The van der Waals surface area contributed by atoms with Crippen molar-refractivity contribution in [1.82, 2.24) is 14.9 Å². The molecule has 0 spiro atoms. The number of nitrogens with one attached hydrogen (secondary N) is 1. The van der Waals surface area contributed by atoms with Crippen LogP contribution in [0.3, 0.4) is 0 Å². The predicted octanol–water partition coefficient (Wildman–Crippen LogP) is 4.08. The molecule has 0 fully saturated rings. The van der Waals surface area contributed by atoms with Crippen molar-refractivity contribution in [2.24, 2.45) is 0 Å². The van der Waals surface area contributed by atoms with Gasteiger partial charge in [0.05, 0.1) is 28.8 Å². The minimum Gasteiger partial charge on any atom is -0.335 e. The van der Waals surface area contributed by atoms with Crippen molar-refractivity contribution >= 4 is 28.6 Å². The summed E-state index contributed by atoms with van der Waals surface area (Å²) in [6.07, 6.45) is -4.43. The number of H-pyrrole nitrogens is 1. The number of carbonyl (C=O) groups is 1. The summed E-state index contributed by atoms with van der Waals surface area (Å²) in [5, 5.41) is 0.464. The number of hydrogen-bond acceptors (Lipinski definition) is 4. The van der Waals surface area contributed by atoms with Gasteiger partial charge in [-0.05, 0) is 37.3 Å². The quantitative estimate of drug-likeness (QED) is 0.609. The third kappa shape index (κ3) is 5.17. The van der Waals surface area contributed by atoms with Crippen LogP contribution in [0.5, 0.6) is 0 Å². The first kappa shape index (κ1) is 20.9. The fraction of sp³-hybridized carbons (Fsp3) is 0.250. The van der Waals surface area contributed by atoms with E-state index in [4.69, 9.17) is 0 Å². The Hall–Kier alpha value is -2.81. The fourth-order valence-electron chi connectivity index (χ4n) is 2.77. The Morgan fingerprint density at radius 2 is 1.93 bits per heavy atom. The van der Waals surface area contributed by atoms with E-state index in [1.165, 1.54) is 17.0 Å². The molecule has 1 N–H and O–H groups in total. The van der Waals surface area contributed by atoms with Crippen molar-refractivity contribution in [1.29, 1.82) is 0 Å². The molecule has 0 bridgehead atoms. The number of thioether (sulfide) groups is 1. The van der Waals surface area contributed by atoms with E-state index in [1.54, 1.807) is 31.2 Å². The highest BCUT2D eigenvalue weighted by Gasteiger charge is 2.30. The van der Waals surface area contributed by atoms with Crippen molar-refractivity contribution in [3.05, 3.63) is 70.3 Å². The van der Waals surface area contributed by atoms with Gasteiger partial charge in [0.1, 0.15) is 5.82 Å². The second kappa shape index (κ2) is 8.69. The number of carbonyl (C=O) groups excluding carboxylic acids is 1. The highest BCUT2D eigenvalue weighted by atomic mass is 32.2. The van der Waals surface area contributed by atoms with E-state index >= 15 is 0 Å². The summed E-state index contributed by atoms with van der Waals surface area (Å²) in [6.45, 7) is 2.27. The molecule has 3 aromatic rings. The topological polar surface area (TPSA) is 66.1 Å². The smallest absolute Gasteiger partial charge is 0.335 e. The van der Waals surface area contributed by atoms with Crippen LogP contribution in [-0.2, 0) is 17.5 Å². The number of fused-ring (bicyclic) bond motifs is 1. The molecule has 0 atom stereocenters. The van der Waals surface area contributed by atoms with Crippen molar-refractivity contribution < 1.29 is 18.0 Å². The van der Waals surface area contributed by atoms with E-state index < -0.39 is 11.7 Å². The lowest BCUT2D eigenvalue weighted by atomic mass is 10.2. The lowest BCUT2D eigenvalue weighted by Crippen LogP contribution is -2.33. The molecule has 0 saturated heterocycles. The van der Waals surface area contributed by atoms with Crippen LogP contribution in [0.25, 0.3) is 10.9 Å². The maximum absolute atomic E-state index is 12.8. The van der Waals surface area contributed by atoms with Gasteiger partial charge in [0.2, 0.25) is 5.91 Å². The van der Waals surface area contributed by atoms with Crippen LogP contribution in [-0.4, -0.2) is 33.1 Å². The van der Waals surface area contributed by atoms with Crippen molar-refractivity contribution in [3.63, 3.8) is 0 Å².